The van der Waals surface area contributed by atoms with E-state index < -0.39 is 4.92 Å². The number of hydrogen-bond donors (Lipinski definition) is 1. The van der Waals surface area contributed by atoms with Crippen molar-refractivity contribution in [3.05, 3.63) is 100 Å². The molecule has 3 rings (SSSR count). The molecular weight excluding hydrogens is 426 g/mol. The molecule has 1 aromatic heterocycles. The molecule has 0 aliphatic rings. The topological polar surface area (TPSA) is 93.2 Å². The quantitative estimate of drug-likeness (QED) is 0.252. The number of nitro groups is 1. The largest absolute Gasteiger partial charge is 1.00 e. The lowest BCUT2D eigenvalue weighted by Crippen LogP contribution is -3.00. The fraction of sp³-hybridized carbons (Fsp3) is 0.0500. The van der Waals surface area contributed by atoms with Crippen LogP contribution in [0.2, 0.25) is 0 Å². The number of carbonyl (C=O) groups is 2. The Labute approximate surface area is 171 Å². The van der Waals surface area contributed by atoms with Gasteiger partial charge in [-0.25, -0.2) is 0 Å². The summed E-state index contributed by atoms with van der Waals surface area (Å²) in [4.78, 5) is 34.9. The molecule has 0 saturated carbocycles. The number of pyridine rings is 1. The molecule has 3 aromatic rings. The smallest absolute Gasteiger partial charge is 0.270 e. The van der Waals surface area contributed by atoms with Crippen LogP contribution in [0.5, 0.6) is 0 Å². The van der Waals surface area contributed by atoms with Crippen molar-refractivity contribution < 1.29 is 36.1 Å². The number of carbonyl (C=O) groups excluding carboxylic acids is 2. The van der Waals surface area contributed by atoms with Gasteiger partial charge in [-0.1, -0.05) is 30.3 Å². The van der Waals surface area contributed by atoms with Gasteiger partial charge in [-0.3, -0.25) is 19.7 Å². The van der Waals surface area contributed by atoms with Crippen LogP contribution in [0.15, 0.2) is 79.1 Å². The van der Waals surface area contributed by atoms with E-state index >= 15 is 0 Å². The van der Waals surface area contributed by atoms with Gasteiger partial charge < -0.3 is 22.3 Å². The Kier molecular flexibility index (Phi) is 7.11. The van der Waals surface area contributed by atoms with Crippen LogP contribution in [-0.4, -0.2) is 16.6 Å². The summed E-state index contributed by atoms with van der Waals surface area (Å²) in [6, 6.07) is 17.8. The van der Waals surface area contributed by atoms with E-state index in [1.807, 2.05) is 6.07 Å². The minimum absolute atomic E-state index is 0. The van der Waals surface area contributed by atoms with Crippen LogP contribution in [0.1, 0.15) is 20.7 Å². The maximum atomic E-state index is 12.4. The summed E-state index contributed by atoms with van der Waals surface area (Å²) in [5, 5.41) is 13.6. The SMILES string of the molecule is O=C(C[n+]1cccc(NC(=O)c2ccccc2)c1)c1cccc([N+](=O)[O-])c1.[Br-]. The van der Waals surface area contributed by atoms with Crippen LogP contribution in [0.4, 0.5) is 11.4 Å². The molecule has 0 unspecified atom stereocenters. The van der Waals surface area contributed by atoms with Crippen molar-refractivity contribution in [2.24, 2.45) is 0 Å². The number of non-ortho nitro benzene ring substituents is 1. The average molecular weight is 442 g/mol. The normalized spacial score (nSPS) is 9.86. The fourth-order valence-electron chi connectivity index (χ4n) is 2.54. The molecule has 1 amide bonds. The summed E-state index contributed by atoms with van der Waals surface area (Å²) in [6.45, 7) is -0.00375. The van der Waals surface area contributed by atoms with Crippen LogP contribution in [-0.2, 0) is 6.54 Å². The summed E-state index contributed by atoms with van der Waals surface area (Å²) in [7, 11) is 0. The second kappa shape index (κ2) is 9.52. The number of aromatic nitrogens is 1. The van der Waals surface area contributed by atoms with Crippen LogP contribution in [0.25, 0.3) is 0 Å². The molecule has 0 bridgehead atoms. The second-order valence-corrected chi connectivity index (χ2v) is 5.82. The number of anilines is 1. The van der Waals surface area contributed by atoms with E-state index in [1.165, 1.54) is 24.3 Å². The van der Waals surface area contributed by atoms with Gasteiger partial charge in [0.15, 0.2) is 12.4 Å². The molecule has 8 heteroatoms. The van der Waals surface area contributed by atoms with Crippen LogP contribution >= 0.6 is 0 Å². The third-order valence-electron chi connectivity index (χ3n) is 3.86. The van der Waals surface area contributed by atoms with Crippen LogP contribution in [0.3, 0.4) is 0 Å². The third kappa shape index (κ3) is 5.31. The summed E-state index contributed by atoms with van der Waals surface area (Å²) < 4.78 is 1.61. The zero-order valence-electron chi connectivity index (χ0n) is 14.6. The zero-order chi connectivity index (χ0) is 19.2. The molecule has 0 spiro atoms. The molecule has 0 aliphatic heterocycles. The summed E-state index contributed by atoms with van der Waals surface area (Å²) in [6.07, 6.45) is 3.32. The number of nitro benzene ring substituents is 1. The lowest BCUT2D eigenvalue weighted by molar-refractivity contribution is -0.682. The Balaban J connectivity index is 0.00000280. The first-order chi connectivity index (χ1) is 13.0. The first-order valence-electron chi connectivity index (χ1n) is 8.16. The monoisotopic (exact) mass is 441 g/mol. The van der Waals surface area contributed by atoms with E-state index in [0.717, 1.165) is 0 Å². The Bertz CT molecular complexity index is 1010. The molecule has 0 aliphatic carbocycles. The van der Waals surface area contributed by atoms with Crippen molar-refractivity contribution in [1.29, 1.82) is 0 Å². The van der Waals surface area contributed by atoms with Gasteiger partial charge in [0.05, 0.1) is 4.92 Å². The highest BCUT2D eigenvalue weighted by atomic mass is 79.9. The zero-order valence-corrected chi connectivity index (χ0v) is 16.2. The molecule has 1 N–H and O–H groups in total. The van der Waals surface area contributed by atoms with Crippen molar-refractivity contribution in [2.45, 2.75) is 6.54 Å². The van der Waals surface area contributed by atoms with Crippen molar-refractivity contribution in [1.82, 2.24) is 0 Å². The standard InChI is InChI=1S/C20H15N3O4.BrH/c24-19(16-8-4-10-18(12-16)23(26)27)14-22-11-5-9-17(13-22)21-20(25)15-6-2-1-3-7-15;/h1-13H,14H2;1H. The van der Waals surface area contributed by atoms with Gasteiger partial charge in [0.2, 0.25) is 12.3 Å². The van der Waals surface area contributed by atoms with Crippen molar-refractivity contribution in [3.8, 4) is 0 Å². The highest BCUT2D eigenvalue weighted by Crippen LogP contribution is 2.14. The van der Waals surface area contributed by atoms with E-state index in [0.29, 0.717) is 11.3 Å². The summed E-state index contributed by atoms with van der Waals surface area (Å²) in [5.41, 5.74) is 1.20. The van der Waals surface area contributed by atoms with E-state index in [2.05, 4.69) is 5.32 Å². The predicted octanol–water partition coefficient (Wildman–Crippen LogP) is 0.0215. The van der Waals surface area contributed by atoms with Gasteiger partial charge in [-0.05, 0) is 18.2 Å². The third-order valence-corrected chi connectivity index (χ3v) is 3.86. The number of nitrogens with one attached hydrogen (secondary N) is 1. The van der Waals surface area contributed by atoms with E-state index in [9.17, 15) is 19.7 Å². The highest BCUT2D eigenvalue weighted by Gasteiger charge is 2.16. The minimum atomic E-state index is -0.538. The molecule has 0 atom stereocenters. The number of amides is 1. The Morgan fingerprint density at radius 1 is 0.964 bits per heavy atom. The molecule has 0 radical (unpaired) electrons. The van der Waals surface area contributed by atoms with Gasteiger partial charge in [0.1, 0.15) is 5.69 Å². The average Bonchev–Trinajstić information content (AvgIpc) is 2.69. The van der Waals surface area contributed by atoms with E-state index in [4.69, 9.17) is 0 Å². The van der Waals surface area contributed by atoms with Crippen molar-refractivity contribution >= 4 is 23.1 Å². The number of Topliss-reactive ketones (excluding diaryl/α,β-unsaturated/α-hetero) is 1. The first-order valence-corrected chi connectivity index (χ1v) is 8.16. The molecule has 1 heterocycles. The van der Waals surface area contributed by atoms with Gasteiger partial charge in [-0.15, -0.1) is 0 Å². The molecule has 2 aromatic carbocycles. The van der Waals surface area contributed by atoms with Crippen molar-refractivity contribution in [3.63, 3.8) is 0 Å². The molecular formula is C20H16BrN3O4. The van der Waals surface area contributed by atoms with Gasteiger partial charge >= 0.3 is 0 Å². The molecule has 142 valence electrons. The number of hydrogen-bond acceptors (Lipinski definition) is 4. The number of benzene rings is 2. The number of ketones is 1. The van der Waals surface area contributed by atoms with Crippen LogP contribution < -0.4 is 26.9 Å². The minimum Gasteiger partial charge on any atom is -1.00 e. The lowest BCUT2D eigenvalue weighted by atomic mass is 10.1. The molecule has 28 heavy (non-hydrogen) atoms. The maximum absolute atomic E-state index is 12.4. The Hall–Kier alpha value is -3.39. The van der Waals surface area contributed by atoms with E-state index in [-0.39, 0.29) is 46.5 Å². The molecule has 0 fully saturated rings. The highest BCUT2D eigenvalue weighted by molar-refractivity contribution is 6.04. The number of nitrogens with zero attached hydrogens (tertiary/aromatic N) is 2. The predicted molar refractivity (Wildman–Crippen MR) is 98.5 cm³/mol. The lowest BCUT2D eigenvalue weighted by Gasteiger charge is -2.04. The summed E-state index contributed by atoms with van der Waals surface area (Å²) >= 11 is 0. The van der Waals surface area contributed by atoms with Crippen molar-refractivity contribution in [2.75, 3.05) is 5.32 Å². The van der Waals surface area contributed by atoms with Gasteiger partial charge in [0.25, 0.3) is 11.6 Å². The summed E-state index contributed by atoms with van der Waals surface area (Å²) in [5.74, 6) is -0.520. The number of halogens is 1. The second-order valence-electron chi connectivity index (χ2n) is 5.82. The van der Waals surface area contributed by atoms with Crippen LogP contribution in [0, 0.1) is 10.1 Å². The number of rotatable bonds is 6. The Morgan fingerprint density at radius 2 is 1.68 bits per heavy atom. The maximum Gasteiger partial charge on any atom is 0.270 e. The first kappa shape index (κ1) is 20.9. The molecule has 7 nitrogen and oxygen atoms in total. The van der Waals surface area contributed by atoms with Gasteiger partial charge in [-0.2, -0.15) is 4.57 Å². The van der Waals surface area contributed by atoms with E-state index in [1.54, 1.807) is 53.4 Å². The molecule has 0 saturated heterocycles. The van der Waals surface area contributed by atoms with Gasteiger partial charge in [0, 0.05) is 29.3 Å². The fourth-order valence-corrected chi connectivity index (χ4v) is 2.54. The Morgan fingerprint density at radius 3 is 2.39 bits per heavy atom.